The Morgan fingerprint density at radius 3 is 1.99 bits per heavy atom. The van der Waals surface area contributed by atoms with Gasteiger partial charge in [0.1, 0.15) is 36.6 Å². The molecule has 1 aliphatic heterocycles. The van der Waals surface area contributed by atoms with Crippen LogP contribution in [0.4, 0.5) is 0 Å². The van der Waals surface area contributed by atoms with E-state index < -0.39 is 46.9 Å². The summed E-state index contributed by atoms with van der Waals surface area (Å²) >= 11 is 0. The van der Waals surface area contributed by atoms with E-state index in [2.05, 4.69) is 50.4 Å². The third-order valence-electron chi connectivity index (χ3n) is 12.9. The number of rotatable bonds is 18. The van der Waals surface area contributed by atoms with Crippen molar-refractivity contribution in [3.63, 3.8) is 0 Å². The second-order valence-corrected chi connectivity index (χ2v) is 19.6. The molecule has 7 N–H and O–H groups in total. The van der Waals surface area contributed by atoms with Crippen molar-refractivity contribution in [2.75, 3.05) is 39.9 Å². The summed E-state index contributed by atoms with van der Waals surface area (Å²) in [7, 11) is 1.51. The van der Waals surface area contributed by atoms with Crippen molar-refractivity contribution < 1.29 is 33.4 Å². The van der Waals surface area contributed by atoms with Crippen molar-refractivity contribution in [2.45, 2.75) is 117 Å². The minimum Gasteiger partial charge on any atom is -0.492 e. The largest absolute Gasteiger partial charge is 0.492 e. The second-order valence-electron chi connectivity index (χ2n) is 19.6. The zero-order chi connectivity index (χ0) is 50.8. The first-order valence-electron chi connectivity index (χ1n) is 23.8. The van der Waals surface area contributed by atoms with Gasteiger partial charge in [0.15, 0.2) is 17.3 Å². The van der Waals surface area contributed by atoms with Gasteiger partial charge in [-0.3, -0.25) is 24.0 Å². The zero-order valence-electron chi connectivity index (χ0n) is 41.7. The lowest BCUT2D eigenvalue weighted by molar-refractivity contribution is -0.142. The number of fused-ring (bicyclic) bond motifs is 5. The highest BCUT2D eigenvalue weighted by Crippen LogP contribution is 2.41. The quantitative estimate of drug-likeness (QED) is 0.0801. The lowest BCUT2D eigenvalue weighted by atomic mass is 9.80. The van der Waals surface area contributed by atoms with Gasteiger partial charge >= 0.3 is 0 Å². The van der Waals surface area contributed by atoms with Crippen LogP contribution >= 0.6 is 0 Å². The van der Waals surface area contributed by atoms with Gasteiger partial charge in [-0.05, 0) is 99.0 Å². The summed E-state index contributed by atoms with van der Waals surface area (Å²) in [5.74, 6) is -2.61. The van der Waals surface area contributed by atoms with Crippen LogP contribution < -0.4 is 32.0 Å². The number of nitrogens with zero attached hydrogens (tertiary/aromatic N) is 4. The molecule has 4 aromatic rings. The Labute approximate surface area is 406 Å². The second kappa shape index (κ2) is 23.3. The molecule has 15 heteroatoms. The minimum absolute atomic E-state index is 0.00829. The standard InChI is InChI=1S/C54H70N8O7/c1-32-27-45(65)49(36-13-19-47(69-26-24-58)41(30-36)40-28-35(12-18-46(40)68-25-23-57)29-42(61-50(32)66)43(63)11-10-21-55)62(9)51(67)37(20-22-56)31-44(64)48-33(2)59-52(60-34(48)3)54(7,8)39-16-14-38(15-17-39)53(4,5)6/h12-19,28,30,32,37,42,49H,10-11,20,22-27,29,31,56-58H2,1-9H3,(H,61,66)/t32-,37-,42+,49+/m1/s1. The number of Topliss-reactive ketones (excluding diaryl/α,β-unsaturated/α-hetero) is 3. The number of carbonyl (C=O) groups is 5. The molecule has 0 saturated heterocycles. The van der Waals surface area contributed by atoms with E-state index in [1.165, 1.54) is 17.5 Å². The molecule has 368 valence electrons. The molecule has 3 aromatic carbocycles. The topological polar surface area (TPSA) is 247 Å². The van der Waals surface area contributed by atoms with E-state index in [1.807, 2.05) is 26.0 Å². The van der Waals surface area contributed by atoms with E-state index in [1.54, 1.807) is 51.1 Å². The van der Waals surface area contributed by atoms with E-state index in [9.17, 15) is 29.2 Å². The average molecular weight is 943 g/mol. The Morgan fingerprint density at radius 2 is 1.42 bits per heavy atom. The van der Waals surface area contributed by atoms with Crippen LogP contribution in [-0.2, 0) is 36.4 Å². The van der Waals surface area contributed by atoms with Crippen LogP contribution in [0.5, 0.6) is 11.5 Å². The summed E-state index contributed by atoms with van der Waals surface area (Å²) in [5, 5.41) is 12.1. The summed E-state index contributed by atoms with van der Waals surface area (Å²) in [6.45, 7) is 16.6. The number of ether oxygens (including phenoxy) is 2. The molecule has 0 radical (unpaired) electrons. The highest BCUT2D eigenvalue weighted by Gasteiger charge is 2.37. The maximum Gasteiger partial charge on any atom is 0.226 e. The molecule has 0 saturated carbocycles. The molecule has 4 atom stereocenters. The summed E-state index contributed by atoms with van der Waals surface area (Å²) in [6, 6.07) is 18.7. The number of nitrogens with one attached hydrogen (secondary N) is 1. The maximum absolute atomic E-state index is 14.9. The number of benzene rings is 3. The van der Waals surface area contributed by atoms with Gasteiger partial charge in [-0.15, -0.1) is 0 Å². The van der Waals surface area contributed by atoms with Crippen LogP contribution in [0.25, 0.3) is 11.1 Å². The number of aryl methyl sites for hydroxylation is 2. The number of nitrogens with two attached hydrogens (primary N) is 3. The van der Waals surface area contributed by atoms with Crippen LogP contribution in [0.15, 0.2) is 60.7 Å². The number of carbonyl (C=O) groups excluding carboxylic acids is 5. The van der Waals surface area contributed by atoms with Crippen molar-refractivity contribution >= 4 is 29.2 Å². The smallest absolute Gasteiger partial charge is 0.226 e. The predicted molar refractivity (Wildman–Crippen MR) is 266 cm³/mol. The van der Waals surface area contributed by atoms with Gasteiger partial charge in [0.05, 0.1) is 29.1 Å². The third-order valence-corrected chi connectivity index (χ3v) is 12.9. The first-order valence-corrected chi connectivity index (χ1v) is 23.8. The van der Waals surface area contributed by atoms with Crippen LogP contribution in [0.3, 0.4) is 0 Å². The SMILES string of the molecule is Cc1nc(C(C)(C)c2ccc(C(C)(C)C)cc2)nc(C)c1C(=O)C[C@@H](CCN)C(=O)N(C)[C@@H]1C(=O)C[C@@H](C)C(=O)N[C@H](C(=O)CCC#N)Cc2ccc(OCCN)c(c2)-c2cc1ccc2OCCN. The van der Waals surface area contributed by atoms with Gasteiger partial charge in [-0.1, -0.05) is 64.1 Å². The van der Waals surface area contributed by atoms with Crippen LogP contribution in [-0.4, -0.2) is 90.0 Å². The van der Waals surface area contributed by atoms with Gasteiger partial charge in [0.25, 0.3) is 0 Å². The summed E-state index contributed by atoms with van der Waals surface area (Å²) in [6.07, 6.45) is -0.410. The van der Waals surface area contributed by atoms with E-state index in [0.29, 0.717) is 56.5 Å². The number of hydrogen-bond acceptors (Lipinski definition) is 13. The molecular formula is C54H70N8O7. The Balaban J connectivity index is 1.56. The lowest BCUT2D eigenvalue weighted by Gasteiger charge is -2.32. The monoisotopic (exact) mass is 943 g/mol. The Hall–Kier alpha value is -6.34. The van der Waals surface area contributed by atoms with Gasteiger partial charge in [0, 0.05) is 74.2 Å². The van der Waals surface area contributed by atoms with E-state index in [0.717, 1.165) is 5.56 Å². The first kappa shape index (κ1) is 53.6. The molecule has 69 heavy (non-hydrogen) atoms. The normalized spacial score (nSPS) is 16.9. The fraction of sp³-hybridized carbons (Fsp3) is 0.481. The summed E-state index contributed by atoms with van der Waals surface area (Å²) in [5.41, 5.74) is 22.9. The molecule has 5 rings (SSSR count). The van der Waals surface area contributed by atoms with Crippen LogP contribution in [0, 0.1) is 37.0 Å². The fourth-order valence-corrected chi connectivity index (χ4v) is 8.88. The van der Waals surface area contributed by atoms with Crippen molar-refractivity contribution in [3.8, 4) is 28.7 Å². The molecule has 2 amide bonds. The number of hydrogen-bond donors (Lipinski definition) is 4. The molecule has 2 heterocycles. The van der Waals surface area contributed by atoms with Gasteiger partial charge < -0.3 is 36.9 Å². The Kier molecular flexibility index (Phi) is 18.1. The molecule has 15 nitrogen and oxygen atoms in total. The van der Waals surface area contributed by atoms with Crippen molar-refractivity contribution in [3.05, 3.63) is 106 Å². The van der Waals surface area contributed by atoms with Gasteiger partial charge in [0.2, 0.25) is 11.8 Å². The average Bonchev–Trinajstić information content (AvgIpc) is 3.30. The van der Waals surface area contributed by atoms with Crippen molar-refractivity contribution in [2.24, 2.45) is 29.0 Å². The summed E-state index contributed by atoms with van der Waals surface area (Å²) < 4.78 is 12.3. The molecule has 0 aliphatic carbocycles. The summed E-state index contributed by atoms with van der Waals surface area (Å²) in [4.78, 5) is 82.6. The van der Waals surface area contributed by atoms with Crippen molar-refractivity contribution in [1.82, 2.24) is 20.2 Å². The molecule has 0 unspecified atom stereocenters. The predicted octanol–water partition coefficient (Wildman–Crippen LogP) is 6.31. The fourth-order valence-electron chi connectivity index (χ4n) is 8.88. The minimum atomic E-state index is -1.25. The highest BCUT2D eigenvalue weighted by atomic mass is 16.5. The number of likely N-dealkylation sites (N-methyl/N-ethyl adjacent to an activating group) is 1. The highest BCUT2D eigenvalue weighted by molar-refractivity contribution is 6.01. The molecular weight excluding hydrogens is 873 g/mol. The van der Waals surface area contributed by atoms with Gasteiger partial charge in [-0.2, -0.15) is 5.26 Å². The molecule has 1 aliphatic rings. The first-order chi connectivity index (χ1) is 32.7. The van der Waals surface area contributed by atoms with Gasteiger partial charge in [-0.25, -0.2) is 9.97 Å². The molecule has 0 fully saturated rings. The third kappa shape index (κ3) is 12.9. The number of aromatic nitrogens is 2. The molecule has 4 bridgehead atoms. The van der Waals surface area contributed by atoms with E-state index >= 15 is 0 Å². The molecule has 1 aromatic heterocycles. The number of amides is 2. The lowest BCUT2D eigenvalue weighted by Crippen LogP contribution is -2.46. The Bertz CT molecular complexity index is 2540. The number of nitriles is 1. The van der Waals surface area contributed by atoms with E-state index in [-0.39, 0.29) is 88.4 Å². The van der Waals surface area contributed by atoms with Crippen LogP contribution in [0.1, 0.15) is 130 Å². The van der Waals surface area contributed by atoms with Crippen molar-refractivity contribution in [1.29, 1.82) is 5.26 Å². The number of ketones is 3. The maximum atomic E-state index is 14.9. The Morgan fingerprint density at radius 1 is 0.841 bits per heavy atom. The van der Waals surface area contributed by atoms with E-state index in [4.69, 9.17) is 36.6 Å². The molecule has 0 spiro atoms. The van der Waals surface area contributed by atoms with Crippen LogP contribution in [0.2, 0.25) is 0 Å². The zero-order valence-corrected chi connectivity index (χ0v) is 41.7.